The minimum atomic E-state index is -3.68. The molecule has 0 fully saturated rings. The van der Waals surface area contributed by atoms with Crippen LogP contribution < -0.4 is 0 Å². The van der Waals surface area contributed by atoms with Gasteiger partial charge in [0.15, 0.2) is 0 Å². The number of hydrogen-bond donors (Lipinski definition) is 0. The summed E-state index contributed by atoms with van der Waals surface area (Å²) in [4.78, 5) is 0.258. The van der Waals surface area contributed by atoms with Crippen LogP contribution in [-0.2, 0) is 36.6 Å². The fourth-order valence-electron chi connectivity index (χ4n) is 3.05. The Bertz CT molecular complexity index is 992. The highest BCUT2D eigenvalue weighted by Gasteiger charge is 2.29. The fourth-order valence-corrected chi connectivity index (χ4v) is 4.62. The van der Waals surface area contributed by atoms with Crippen LogP contribution in [0.1, 0.15) is 23.9 Å². The molecule has 0 saturated carbocycles. The summed E-state index contributed by atoms with van der Waals surface area (Å²) in [5.74, 6) is 0. The van der Waals surface area contributed by atoms with Gasteiger partial charge in [0.05, 0.1) is 24.1 Å². The molecule has 3 rings (SSSR count). The fraction of sp³-hybridized carbons (Fsp3) is 0.368. The number of benzene rings is 1. The third kappa shape index (κ3) is 4.28. The van der Waals surface area contributed by atoms with Crippen LogP contribution in [0.4, 0.5) is 0 Å². The van der Waals surface area contributed by atoms with Crippen molar-refractivity contribution in [1.82, 2.24) is 23.9 Å². The van der Waals surface area contributed by atoms with Gasteiger partial charge in [-0.3, -0.25) is 9.36 Å². The topological polar surface area (TPSA) is 73.0 Å². The number of aromatic nitrogens is 4. The summed E-state index contributed by atoms with van der Waals surface area (Å²) in [6.07, 6.45) is 3.90. The van der Waals surface area contributed by atoms with E-state index < -0.39 is 10.0 Å². The number of sulfonamides is 1. The van der Waals surface area contributed by atoms with Crippen molar-refractivity contribution in [3.8, 4) is 0 Å². The van der Waals surface area contributed by atoms with E-state index >= 15 is 0 Å². The van der Waals surface area contributed by atoms with Gasteiger partial charge in [0.25, 0.3) is 0 Å². The Balaban J connectivity index is 1.90. The maximum Gasteiger partial charge on any atom is 0.246 e. The molecule has 0 spiro atoms. The molecule has 0 aliphatic heterocycles. The van der Waals surface area contributed by atoms with E-state index in [1.165, 1.54) is 10.5 Å². The van der Waals surface area contributed by atoms with Gasteiger partial charge in [0.1, 0.15) is 4.90 Å². The normalized spacial score (nSPS) is 12.0. The van der Waals surface area contributed by atoms with Crippen LogP contribution in [0.5, 0.6) is 0 Å². The summed E-state index contributed by atoms with van der Waals surface area (Å²) in [6, 6.07) is 11.7. The third-order valence-electron chi connectivity index (χ3n) is 4.58. The molecule has 144 valence electrons. The van der Waals surface area contributed by atoms with Crippen molar-refractivity contribution >= 4 is 10.0 Å². The van der Waals surface area contributed by atoms with Gasteiger partial charge < -0.3 is 0 Å². The van der Waals surface area contributed by atoms with Crippen molar-refractivity contribution < 1.29 is 8.42 Å². The van der Waals surface area contributed by atoms with Crippen LogP contribution in [0.25, 0.3) is 0 Å². The van der Waals surface area contributed by atoms with Gasteiger partial charge in [-0.2, -0.15) is 14.5 Å². The van der Waals surface area contributed by atoms with Gasteiger partial charge in [-0.15, -0.1) is 0 Å². The van der Waals surface area contributed by atoms with Crippen molar-refractivity contribution in [2.75, 3.05) is 6.54 Å². The summed E-state index contributed by atoms with van der Waals surface area (Å²) < 4.78 is 31.6. The molecule has 3 aromatic rings. The summed E-state index contributed by atoms with van der Waals surface area (Å²) in [5.41, 5.74) is 2.47. The molecule has 27 heavy (non-hydrogen) atoms. The van der Waals surface area contributed by atoms with Crippen LogP contribution in [0, 0.1) is 6.92 Å². The van der Waals surface area contributed by atoms with Crippen molar-refractivity contribution in [2.45, 2.75) is 38.3 Å². The lowest BCUT2D eigenvalue weighted by Gasteiger charge is -2.21. The maximum absolute atomic E-state index is 13.4. The Hall–Kier alpha value is -2.45. The number of rotatable bonds is 8. The molecule has 0 unspecified atom stereocenters. The summed E-state index contributed by atoms with van der Waals surface area (Å²) in [6.45, 7) is 4.97. The van der Waals surface area contributed by atoms with Crippen molar-refractivity contribution in [3.63, 3.8) is 0 Å². The van der Waals surface area contributed by atoms with Crippen LogP contribution >= 0.6 is 0 Å². The van der Waals surface area contributed by atoms with E-state index in [-0.39, 0.29) is 11.4 Å². The van der Waals surface area contributed by atoms with Crippen LogP contribution in [0.3, 0.4) is 0 Å². The van der Waals surface area contributed by atoms with E-state index in [4.69, 9.17) is 0 Å². The molecule has 8 heteroatoms. The lowest BCUT2D eigenvalue weighted by molar-refractivity contribution is 0.403. The zero-order chi connectivity index (χ0) is 19.4. The molecule has 0 N–H and O–H groups in total. The van der Waals surface area contributed by atoms with Crippen molar-refractivity contribution in [1.29, 1.82) is 0 Å². The smallest absolute Gasteiger partial charge is 0.246 e. The highest BCUT2D eigenvalue weighted by atomic mass is 32.2. The molecule has 1 aromatic carbocycles. The zero-order valence-electron chi connectivity index (χ0n) is 15.9. The van der Waals surface area contributed by atoms with E-state index in [0.717, 1.165) is 11.3 Å². The average Bonchev–Trinajstić information content (AvgIpc) is 3.24. The number of aryl methyl sites for hydroxylation is 2. The van der Waals surface area contributed by atoms with E-state index in [9.17, 15) is 8.42 Å². The first-order chi connectivity index (χ1) is 12.9. The van der Waals surface area contributed by atoms with Gasteiger partial charge in [0, 0.05) is 26.3 Å². The molecule has 2 aromatic heterocycles. The van der Waals surface area contributed by atoms with Gasteiger partial charge in [-0.05, 0) is 31.9 Å². The monoisotopic (exact) mass is 387 g/mol. The third-order valence-corrected chi connectivity index (χ3v) is 6.52. The quantitative estimate of drug-likeness (QED) is 0.595. The van der Waals surface area contributed by atoms with E-state index in [0.29, 0.717) is 25.2 Å². The van der Waals surface area contributed by atoms with Gasteiger partial charge in [-0.25, -0.2) is 8.42 Å². The van der Waals surface area contributed by atoms with Gasteiger partial charge in [-0.1, -0.05) is 30.3 Å². The van der Waals surface area contributed by atoms with E-state index in [2.05, 4.69) is 10.2 Å². The van der Waals surface area contributed by atoms with Crippen LogP contribution in [0.2, 0.25) is 0 Å². The summed E-state index contributed by atoms with van der Waals surface area (Å²) in [7, 11) is -1.86. The minimum Gasteiger partial charge on any atom is -0.276 e. The van der Waals surface area contributed by atoms with Crippen LogP contribution in [-0.4, -0.2) is 38.8 Å². The maximum atomic E-state index is 13.4. The molecule has 0 aliphatic carbocycles. The number of hydrogen-bond acceptors (Lipinski definition) is 4. The first-order valence-electron chi connectivity index (χ1n) is 8.97. The van der Waals surface area contributed by atoms with Gasteiger partial charge in [0.2, 0.25) is 10.0 Å². The standard InChI is InChI=1S/C19H25N5O2S/c1-4-24-16(2)19(14-20-24)27(25,26)23(15-18-11-12-22(3)21-18)13-10-17-8-6-5-7-9-17/h5-9,11-12,14H,4,10,13,15H2,1-3H3. The Labute approximate surface area is 160 Å². The molecule has 0 amide bonds. The van der Waals surface area contributed by atoms with Gasteiger partial charge >= 0.3 is 0 Å². The molecular weight excluding hydrogens is 362 g/mol. The predicted octanol–water partition coefficient (Wildman–Crippen LogP) is 2.38. The predicted molar refractivity (Wildman–Crippen MR) is 104 cm³/mol. The van der Waals surface area contributed by atoms with E-state index in [1.54, 1.807) is 16.3 Å². The Morgan fingerprint density at radius 2 is 1.89 bits per heavy atom. The first-order valence-corrected chi connectivity index (χ1v) is 10.4. The van der Waals surface area contributed by atoms with Crippen molar-refractivity contribution in [3.05, 3.63) is 65.7 Å². The second-order valence-corrected chi connectivity index (χ2v) is 8.37. The molecule has 7 nitrogen and oxygen atoms in total. The Morgan fingerprint density at radius 1 is 1.15 bits per heavy atom. The molecule has 0 bridgehead atoms. The highest BCUT2D eigenvalue weighted by molar-refractivity contribution is 7.89. The average molecular weight is 388 g/mol. The second-order valence-electron chi connectivity index (χ2n) is 6.46. The lowest BCUT2D eigenvalue weighted by atomic mass is 10.1. The molecule has 0 saturated heterocycles. The molecule has 0 atom stereocenters. The largest absolute Gasteiger partial charge is 0.276 e. The second kappa shape index (κ2) is 8.06. The minimum absolute atomic E-state index is 0.229. The Kier molecular flexibility index (Phi) is 5.76. The Morgan fingerprint density at radius 3 is 2.48 bits per heavy atom. The summed E-state index contributed by atoms with van der Waals surface area (Å²) in [5, 5.41) is 8.55. The molecule has 0 radical (unpaired) electrons. The molecule has 2 heterocycles. The van der Waals surface area contributed by atoms with Crippen molar-refractivity contribution in [2.24, 2.45) is 7.05 Å². The van der Waals surface area contributed by atoms with Crippen LogP contribution in [0.15, 0.2) is 53.7 Å². The molecule has 0 aliphatic rings. The lowest BCUT2D eigenvalue weighted by Crippen LogP contribution is -2.33. The highest BCUT2D eigenvalue weighted by Crippen LogP contribution is 2.22. The first kappa shape index (κ1) is 19.3. The number of nitrogens with zero attached hydrogens (tertiary/aromatic N) is 5. The molecular formula is C19H25N5O2S. The summed E-state index contributed by atoms with van der Waals surface area (Å²) >= 11 is 0. The zero-order valence-corrected chi connectivity index (χ0v) is 16.7. The van der Waals surface area contributed by atoms with E-state index in [1.807, 2.05) is 56.6 Å². The SMILES string of the molecule is CCn1ncc(S(=O)(=O)N(CCc2ccccc2)Cc2ccn(C)n2)c1C.